The monoisotopic (exact) mass is 313 g/mol. The number of ether oxygens (including phenoxy) is 1. The second-order valence-corrected chi connectivity index (χ2v) is 4.79. The fourth-order valence-electron chi connectivity index (χ4n) is 1.78. The molecule has 0 aliphatic heterocycles. The molecule has 5 nitrogen and oxygen atoms in total. The highest BCUT2D eigenvalue weighted by Crippen LogP contribution is 2.29. The summed E-state index contributed by atoms with van der Waals surface area (Å²) in [6, 6.07) is 3.01. The van der Waals surface area contributed by atoms with E-state index in [1.165, 1.54) is 17.8 Å². The molecule has 0 aliphatic carbocycles. The van der Waals surface area contributed by atoms with E-state index in [1.807, 2.05) is 0 Å². The minimum absolute atomic E-state index is 0.0419. The van der Waals surface area contributed by atoms with Gasteiger partial charge in [0.2, 0.25) is 0 Å². The Hall–Kier alpha value is -2.09. The first-order valence-electron chi connectivity index (χ1n) is 6.04. The Morgan fingerprint density at radius 3 is 2.76 bits per heavy atom. The fraction of sp³-hybridized carbons (Fsp3) is 0.231. The predicted octanol–water partition coefficient (Wildman–Crippen LogP) is 2.63. The number of thioether (sulfide) groups is 1. The van der Waals surface area contributed by atoms with Crippen molar-refractivity contribution in [2.45, 2.75) is 11.9 Å². The van der Waals surface area contributed by atoms with Gasteiger partial charge in [-0.1, -0.05) is 0 Å². The van der Waals surface area contributed by atoms with Crippen LogP contribution in [-0.4, -0.2) is 28.6 Å². The van der Waals surface area contributed by atoms with E-state index in [4.69, 9.17) is 10.5 Å². The SMILES string of the molecule is CCOC(=O)c1c(SC)nn(-c2ccc(F)cc2F)c1N. The summed E-state index contributed by atoms with van der Waals surface area (Å²) in [5.41, 5.74) is 5.91. The van der Waals surface area contributed by atoms with Gasteiger partial charge in [0.1, 0.15) is 27.9 Å². The third-order valence-electron chi connectivity index (χ3n) is 2.70. The van der Waals surface area contributed by atoms with Crippen molar-refractivity contribution in [1.82, 2.24) is 9.78 Å². The van der Waals surface area contributed by atoms with Gasteiger partial charge >= 0.3 is 5.97 Å². The number of hydrogen-bond acceptors (Lipinski definition) is 5. The minimum atomic E-state index is -0.827. The first-order valence-corrected chi connectivity index (χ1v) is 7.27. The van der Waals surface area contributed by atoms with Gasteiger partial charge in [-0.3, -0.25) is 0 Å². The number of nitrogens with two attached hydrogens (primary N) is 1. The van der Waals surface area contributed by atoms with Gasteiger partial charge in [-0.25, -0.2) is 18.3 Å². The summed E-state index contributed by atoms with van der Waals surface area (Å²) in [6.45, 7) is 1.85. The van der Waals surface area contributed by atoms with Gasteiger partial charge in [0.25, 0.3) is 0 Å². The number of carbonyl (C=O) groups excluding carboxylic acids is 1. The molecule has 0 fully saturated rings. The second kappa shape index (κ2) is 6.13. The molecular formula is C13H13F2N3O2S. The zero-order valence-corrected chi connectivity index (χ0v) is 12.2. The van der Waals surface area contributed by atoms with Gasteiger partial charge < -0.3 is 10.5 Å². The van der Waals surface area contributed by atoms with E-state index in [1.54, 1.807) is 13.2 Å². The zero-order valence-electron chi connectivity index (χ0n) is 11.4. The van der Waals surface area contributed by atoms with Crippen LogP contribution in [0.15, 0.2) is 23.2 Å². The van der Waals surface area contributed by atoms with E-state index in [2.05, 4.69) is 5.10 Å². The van der Waals surface area contributed by atoms with E-state index in [9.17, 15) is 13.6 Å². The Morgan fingerprint density at radius 2 is 2.19 bits per heavy atom. The summed E-state index contributed by atoms with van der Waals surface area (Å²) in [5.74, 6) is -2.22. The van der Waals surface area contributed by atoms with Crippen LogP contribution in [0.25, 0.3) is 5.69 Å². The highest BCUT2D eigenvalue weighted by molar-refractivity contribution is 7.98. The minimum Gasteiger partial charge on any atom is -0.462 e. The largest absolute Gasteiger partial charge is 0.462 e. The highest BCUT2D eigenvalue weighted by Gasteiger charge is 2.24. The lowest BCUT2D eigenvalue weighted by atomic mass is 10.3. The lowest BCUT2D eigenvalue weighted by Crippen LogP contribution is -2.10. The summed E-state index contributed by atoms with van der Waals surface area (Å²) < 4.78 is 32.8. The van der Waals surface area contributed by atoms with Crippen LogP contribution in [0.1, 0.15) is 17.3 Å². The molecule has 0 saturated heterocycles. The number of halogens is 2. The van der Waals surface area contributed by atoms with Crippen molar-refractivity contribution in [2.75, 3.05) is 18.6 Å². The molecule has 1 aromatic heterocycles. The Morgan fingerprint density at radius 1 is 1.48 bits per heavy atom. The van der Waals surface area contributed by atoms with Crippen molar-refractivity contribution < 1.29 is 18.3 Å². The maximum atomic E-state index is 13.8. The second-order valence-electron chi connectivity index (χ2n) is 4.00. The normalized spacial score (nSPS) is 10.7. The van der Waals surface area contributed by atoms with Gasteiger partial charge in [-0.05, 0) is 25.3 Å². The van der Waals surface area contributed by atoms with Crippen LogP contribution in [0, 0.1) is 11.6 Å². The average molecular weight is 313 g/mol. The molecule has 1 heterocycles. The summed E-state index contributed by atoms with van der Waals surface area (Å²) in [6.07, 6.45) is 1.70. The standard InChI is InChI=1S/C13H13F2N3O2S/c1-3-20-13(19)10-11(16)18(17-12(10)21-2)9-5-4-7(14)6-8(9)15/h4-6H,3,16H2,1-2H3. The maximum Gasteiger partial charge on any atom is 0.344 e. The van der Waals surface area contributed by atoms with Gasteiger partial charge in [-0.2, -0.15) is 5.10 Å². The smallest absolute Gasteiger partial charge is 0.344 e. The number of esters is 1. The molecule has 112 valence electrons. The molecule has 0 saturated carbocycles. The summed E-state index contributed by atoms with van der Waals surface area (Å²) in [4.78, 5) is 11.9. The van der Waals surface area contributed by atoms with E-state index >= 15 is 0 Å². The van der Waals surface area contributed by atoms with Crippen LogP contribution in [0.4, 0.5) is 14.6 Å². The Labute approximate surface area is 124 Å². The number of nitrogens with zero attached hydrogens (tertiary/aromatic N) is 2. The third kappa shape index (κ3) is 2.85. The van der Waals surface area contributed by atoms with Crippen LogP contribution < -0.4 is 5.73 Å². The molecule has 0 spiro atoms. The summed E-state index contributed by atoms with van der Waals surface area (Å²) >= 11 is 1.18. The first kappa shape index (κ1) is 15.3. The van der Waals surface area contributed by atoms with Crippen LogP contribution >= 0.6 is 11.8 Å². The molecule has 0 atom stereocenters. The van der Waals surface area contributed by atoms with Gasteiger partial charge in [0.15, 0.2) is 5.82 Å². The van der Waals surface area contributed by atoms with Gasteiger partial charge in [-0.15, -0.1) is 11.8 Å². The number of anilines is 1. The number of benzene rings is 1. The van der Waals surface area contributed by atoms with E-state index < -0.39 is 17.6 Å². The Bertz CT molecular complexity index is 688. The van der Waals surface area contributed by atoms with Crippen LogP contribution in [0.3, 0.4) is 0 Å². The molecule has 2 aromatic rings. The van der Waals surface area contributed by atoms with Crippen molar-refractivity contribution in [3.63, 3.8) is 0 Å². The summed E-state index contributed by atoms with van der Waals surface area (Å²) in [5, 5.41) is 4.40. The predicted molar refractivity (Wildman–Crippen MR) is 75.6 cm³/mol. The number of hydrogen-bond donors (Lipinski definition) is 1. The number of rotatable bonds is 4. The van der Waals surface area contributed by atoms with Crippen molar-refractivity contribution in [3.8, 4) is 5.69 Å². The number of carbonyl (C=O) groups is 1. The highest BCUT2D eigenvalue weighted by atomic mass is 32.2. The van der Waals surface area contributed by atoms with E-state index in [0.29, 0.717) is 5.03 Å². The first-order chi connectivity index (χ1) is 9.99. The molecule has 1 aromatic carbocycles. The van der Waals surface area contributed by atoms with Gasteiger partial charge in [0.05, 0.1) is 6.61 Å². The average Bonchev–Trinajstić information content (AvgIpc) is 2.76. The molecular weight excluding hydrogens is 300 g/mol. The lowest BCUT2D eigenvalue weighted by Gasteiger charge is -2.06. The molecule has 0 amide bonds. The lowest BCUT2D eigenvalue weighted by molar-refractivity contribution is 0.0523. The van der Waals surface area contributed by atoms with Crippen LogP contribution in [0.2, 0.25) is 0 Å². The molecule has 8 heteroatoms. The van der Waals surface area contributed by atoms with Crippen molar-refractivity contribution in [3.05, 3.63) is 35.4 Å². The topological polar surface area (TPSA) is 70.1 Å². The Balaban J connectivity index is 2.58. The maximum absolute atomic E-state index is 13.8. The van der Waals surface area contributed by atoms with Crippen molar-refractivity contribution in [1.29, 1.82) is 0 Å². The molecule has 0 unspecified atom stereocenters. The molecule has 0 aliphatic rings. The fourth-order valence-corrected chi connectivity index (χ4v) is 2.34. The van der Waals surface area contributed by atoms with Crippen molar-refractivity contribution >= 4 is 23.5 Å². The number of aromatic nitrogens is 2. The quantitative estimate of drug-likeness (QED) is 0.694. The van der Waals surface area contributed by atoms with E-state index in [-0.39, 0.29) is 23.7 Å². The van der Waals surface area contributed by atoms with Crippen molar-refractivity contribution in [2.24, 2.45) is 0 Å². The molecule has 2 rings (SSSR count). The zero-order chi connectivity index (χ0) is 15.6. The summed E-state index contributed by atoms with van der Waals surface area (Å²) in [7, 11) is 0. The molecule has 0 radical (unpaired) electrons. The van der Waals surface area contributed by atoms with E-state index in [0.717, 1.165) is 16.8 Å². The Kier molecular flexibility index (Phi) is 4.46. The number of nitrogen functional groups attached to an aromatic ring is 1. The van der Waals surface area contributed by atoms with Crippen LogP contribution in [0.5, 0.6) is 0 Å². The molecule has 2 N–H and O–H groups in total. The molecule has 0 bridgehead atoms. The van der Waals surface area contributed by atoms with Gasteiger partial charge in [0, 0.05) is 6.07 Å². The molecule has 21 heavy (non-hydrogen) atoms. The van der Waals surface area contributed by atoms with Crippen LogP contribution in [-0.2, 0) is 4.74 Å². The third-order valence-corrected chi connectivity index (χ3v) is 3.37.